The third kappa shape index (κ3) is 2.00. The monoisotopic (exact) mass is 298 g/mol. The number of aromatic nitrogens is 1. The molecule has 116 valence electrons. The summed E-state index contributed by atoms with van der Waals surface area (Å²) in [7, 11) is 1.69. The van der Waals surface area contributed by atoms with Crippen molar-refractivity contribution in [1.82, 2.24) is 10.3 Å². The van der Waals surface area contributed by atoms with Crippen molar-refractivity contribution >= 4 is 22.3 Å². The Morgan fingerprint density at radius 1 is 1.32 bits per heavy atom. The molecule has 2 aliphatic rings. The van der Waals surface area contributed by atoms with Crippen LogP contribution >= 0.6 is 0 Å². The van der Waals surface area contributed by atoms with Crippen LogP contribution in [0.5, 0.6) is 5.75 Å². The number of nitrogens with one attached hydrogen (secondary N) is 1. The summed E-state index contributed by atoms with van der Waals surface area (Å²) in [5, 5.41) is 5.56. The van der Waals surface area contributed by atoms with Crippen LogP contribution in [0.4, 0.5) is 11.5 Å². The number of pyridine rings is 1. The van der Waals surface area contributed by atoms with Crippen LogP contribution in [0.1, 0.15) is 12.8 Å². The number of hydrogen-bond donors (Lipinski definition) is 2. The van der Waals surface area contributed by atoms with Gasteiger partial charge in [-0.3, -0.25) is 0 Å². The molecule has 2 aromatic rings. The van der Waals surface area contributed by atoms with Gasteiger partial charge in [-0.15, -0.1) is 0 Å². The average Bonchev–Trinajstić information content (AvgIpc) is 3.18. The van der Waals surface area contributed by atoms with Crippen molar-refractivity contribution in [2.24, 2.45) is 5.41 Å². The second-order valence-corrected chi connectivity index (χ2v) is 6.51. The van der Waals surface area contributed by atoms with Crippen molar-refractivity contribution in [3.05, 3.63) is 24.4 Å². The average molecular weight is 298 g/mol. The molecule has 1 unspecified atom stereocenters. The highest BCUT2D eigenvalue weighted by Gasteiger charge is 2.41. The lowest BCUT2D eigenvalue weighted by Gasteiger charge is -2.24. The molecule has 2 aliphatic heterocycles. The summed E-state index contributed by atoms with van der Waals surface area (Å²) in [5.74, 6) is 1.85. The van der Waals surface area contributed by atoms with Gasteiger partial charge in [-0.2, -0.15) is 0 Å². The molecule has 1 aromatic heterocycles. The standard InChI is InChI=1S/C17H22N4O/c1-22-14-3-2-13(18)15-12(14)4-7-20-16(15)21-9-6-17(11-21)5-8-19-10-17/h2-4,7,19H,5-6,8-11,18H2,1H3. The lowest BCUT2D eigenvalue weighted by molar-refractivity contribution is 0.369. The van der Waals surface area contributed by atoms with Crippen molar-refractivity contribution < 1.29 is 4.74 Å². The minimum Gasteiger partial charge on any atom is -0.496 e. The molecule has 3 heterocycles. The van der Waals surface area contributed by atoms with Gasteiger partial charge >= 0.3 is 0 Å². The van der Waals surface area contributed by atoms with Crippen molar-refractivity contribution in [3.8, 4) is 5.75 Å². The minimum absolute atomic E-state index is 0.414. The van der Waals surface area contributed by atoms with Gasteiger partial charge < -0.3 is 20.7 Å². The van der Waals surface area contributed by atoms with E-state index in [1.165, 1.54) is 12.8 Å². The fourth-order valence-electron chi connectivity index (χ4n) is 3.96. The van der Waals surface area contributed by atoms with Crippen LogP contribution in [-0.2, 0) is 0 Å². The SMILES string of the molecule is COc1ccc(N)c2c(N3CCC4(CCNC4)C3)nccc12. The van der Waals surface area contributed by atoms with Gasteiger partial charge in [-0.1, -0.05) is 0 Å². The largest absolute Gasteiger partial charge is 0.496 e. The number of anilines is 2. The van der Waals surface area contributed by atoms with Crippen LogP contribution in [0.15, 0.2) is 24.4 Å². The van der Waals surface area contributed by atoms with E-state index in [1.54, 1.807) is 7.11 Å². The van der Waals surface area contributed by atoms with Crippen LogP contribution < -0.4 is 20.7 Å². The number of nitrogens with two attached hydrogens (primary N) is 1. The summed E-state index contributed by atoms with van der Waals surface area (Å²) in [6.45, 7) is 4.35. The molecule has 0 aliphatic carbocycles. The number of nitrogens with zero attached hydrogens (tertiary/aromatic N) is 2. The maximum absolute atomic E-state index is 6.26. The number of methoxy groups -OCH3 is 1. The molecule has 1 atom stereocenters. The van der Waals surface area contributed by atoms with Crippen molar-refractivity contribution in [2.45, 2.75) is 12.8 Å². The van der Waals surface area contributed by atoms with Crippen LogP contribution in [0.25, 0.3) is 10.8 Å². The van der Waals surface area contributed by atoms with Gasteiger partial charge in [0.2, 0.25) is 0 Å². The Balaban J connectivity index is 1.79. The van der Waals surface area contributed by atoms with Crippen molar-refractivity contribution in [2.75, 3.05) is 43.9 Å². The smallest absolute Gasteiger partial charge is 0.138 e. The van der Waals surface area contributed by atoms with Crippen molar-refractivity contribution in [3.63, 3.8) is 0 Å². The predicted molar refractivity (Wildman–Crippen MR) is 89.5 cm³/mol. The third-order valence-corrected chi connectivity index (χ3v) is 5.19. The first kappa shape index (κ1) is 13.6. The first-order valence-electron chi connectivity index (χ1n) is 7.89. The summed E-state index contributed by atoms with van der Waals surface area (Å²) in [4.78, 5) is 7.04. The normalized spacial score (nSPS) is 24.5. The van der Waals surface area contributed by atoms with Crippen molar-refractivity contribution in [1.29, 1.82) is 0 Å². The highest BCUT2D eigenvalue weighted by atomic mass is 16.5. The molecule has 5 nitrogen and oxygen atoms in total. The van der Waals surface area contributed by atoms with Gasteiger partial charge in [-0.05, 0) is 37.6 Å². The fraction of sp³-hybridized carbons (Fsp3) is 0.471. The Bertz CT molecular complexity index is 709. The minimum atomic E-state index is 0.414. The van der Waals surface area contributed by atoms with Crippen LogP contribution in [0.3, 0.4) is 0 Å². The summed E-state index contributed by atoms with van der Waals surface area (Å²) in [6, 6.07) is 5.82. The number of benzene rings is 1. The van der Waals surface area contributed by atoms with E-state index in [0.717, 1.165) is 54.2 Å². The molecular weight excluding hydrogens is 276 g/mol. The number of ether oxygens (including phenoxy) is 1. The number of fused-ring (bicyclic) bond motifs is 1. The van der Waals surface area contributed by atoms with Gasteiger partial charge in [0.05, 0.1) is 12.5 Å². The van der Waals surface area contributed by atoms with Gasteiger partial charge in [0.15, 0.2) is 0 Å². The van der Waals surface area contributed by atoms with Crippen LogP contribution in [-0.4, -0.2) is 38.3 Å². The molecule has 1 aromatic carbocycles. The first-order valence-corrected chi connectivity index (χ1v) is 7.89. The van der Waals surface area contributed by atoms with E-state index in [9.17, 15) is 0 Å². The Labute approximate surface area is 130 Å². The number of hydrogen-bond acceptors (Lipinski definition) is 5. The molecule has 5 heteroatoms. The maximum Gasteiger partial charge on any atom is 0.138 e. The third-order valence-electron chi connectivity index (χ3n) is 5.19. The number of nitrogen functional groups attached to an aromatic ring is 1. The van der Waals surface area contributed by atoms with E-state index in [0.29, 0.717) is 5.41 Å². The molecule has 1 spiro atoms. The van der Waals surface area contributed by atoms with E-state index in [4.69, 9.17) is 10.5 Å². The Morgan fingerprint density at radius 3 is 3.00 bits per heavy atom. The topological polar surface area (TPSA) is 63.4 Å². The molecule has 2 fully saturated rings. The molecule has 0 saturated carbocycles. The molecule has 22 heavy (non-hydrogen) atoms. The number of rotatable bonds is 2. The predicted octanol–water partition coefficient (Wildman–Crippen LogP) is 2.02. The fourth-order valence-corrected chi connectivity index (χ4v) is 3.96. The molecule has 0 bridgehead atoms. The zero-order valence-corrected chi connectivity index (χ0v) is 12.9. The second-order valence-electron chi connectivity index (χ2n) is 6.51. The van der Waals surface area contributed by atoms with E-state index in [2.05, 4.69) is 15.2 Å². The first-order chi connectivity index (χ1) is 10.7. The van der Waals surface area contributed by atoms with E-state index in [1.807, 2.05) is 24.4 Å². The van der Waals surface area contributed by atoms with E-state index >= 15 is 0 Å². The molecule has 0 radical (unpaired) electrons. The van der Waals surface area contributed by atoms with Crippen LogP contribution in [0, 0.1) is 5.41 Å². The highest BCUT2D eigenvalue weighted by molar-refractivity contribution is 6.04. The Kier molecular flexibility index (Phi) is 3.11. The Hall–Kier alpha value is -2.01. The van der Waals surface area contributed by atoms with E-state index < -0.39 is 0 Å². The van der Waals surface area contributed by atoms with Gasteiger partial charge in [0, 0.05) is 42.3 Å². The zero-order valence-electron chi connectivity index (χ0n) is 12.9. The summed E-state index contributed by atoms with van der Waals surface area (Å²) in [6.07, 6.45) is 4.34. The van der Waals surface area contributed by atoms with Gasteiger partial charge in [0.25, 0.3) is 0 Å². The summed E-state index contributed by atoms with van der Waals surface area (Å²) < 4.78 is 5.48. The summed E-state index contributed by atoms with van der Waals surface area (Å²) in [5.41, 5.74) is 7.44. The van der Waals surface area contributed by atoms with Gasteiger partial charge in [-0.25, -0.2) is 4.98 Å². The molecule has 0 amide bonds. The zero-order chi connectivity index (χ0) is 15.2. The second kappa shape index (κ2) is 5.02. The van der Waals surface area contributed by atoms with Gasteiger partial charge in [0.1, 0.15) is 11.6 Å². The molecule has 2 saturated heterocycles. The summed E-state index contributed by atoms with van der Waals surface area (Å²) >= 11 is 0. The Morgan fingerprint density at radius 2 is 2.23 bits per heavy atom. The molecular formula is C17H22N4O. The quantitative estimate of drug-likeness (QED) is 0.831. The lowest BCUT2D eigenvalue weighted by atomic mass is 9.86. The molecule has 3 N–H and O–H groups in total. The van der Waals surface area contributed by atoms with Crippen LogP contribution in [0.2, 0.25) is 0 Å². The highest BCUT2D eigenvalue weighted by Crippen LogP contribution is 2.41. The maximum atomic E-state index is 6.26. The lowest BCUT2D eigenvalue weighted by Crippen LogP contribution is -2.29. The van der Waals surface area contributed by atoms with E-state index in [-0.39, 0.29) is 0 Å². The molecule has 4 rings (SSSR count).